The number of benzene rings is 2. The van der Waals surface area contributed by atoms with Gasteiger partial charge in [0.2, 0.25) is 5.91 Å². The lowest BCUT2D eigenvalue weighted by Gasteiger charge is -2.17. The quantitative estimate of drug-likeness (QED) is 0.360. The minimum absolute atomic E-state index is 0.00322. The highest BCUT2D eigenvalue weighted by molar-refractivity contribution is 6.40. The van der Waals surface area contributed by atoms with E-state index >= 15 is 0 Å². The van der Waals surface area contributed by atoms with Crippen LogP contribution in [0.3, 0.4) is 0 Å². The van der Waals surface area contributed by atoms with Crippen LogP contribution in [0.5, 0.6) is 0 Å². The van der Waals surface area contributed by atoms with E-state index in [1.807, 2.05) is 24.3 Å². The largest absolute Gasteiger partial charge is 0.372 e. The second-order valence-electron chi connectivity index (χ2n) is 7.51. The summed E-state index contributed by atoms with van der Waals surface area (Å²) in [6, 6.07) is 12.6. The third-order valence-electron chi connectivity index (χ3n) is 5.12. The van der Waals surface area contributed by atoms with Crippen LogP contribution in [-0.4, -0.2) is 41.0 Å². The van der Waals surface area contributed by atoms with Gasteiger partial charge in [-0.25, -0.2) is 0 Å². The van der Waals surface area contributed by atoms with Gasteiger partial charge in [-0.05, 0) is 55.3 Å². The Morgan fingerprint density at radius 2 is 1.66 bits per heavy atom. The van der Waals surface area contributed by atoms with E-state index in [1.54, 1.807) is 6.07 Å². The number of nitrogens with one attached hydrogen (secondary N) is 3. The average molecular weight is 515 g/mol. The molecule has 5 N–H and O–H groups in total. The Morgan fingerprint density at radius 3 is 2.23 bits per heavy atom. The van der Waals surface area contributed by atoms with Gasteiger partial charge in [0, 0.05) is 24.5 Å². The lowest BCUT2D eigenvalue weighted by Crippen LogP contribution is -2.18. The number of carbonyl (C=O) groups excluding carboxylic acids is 3. The highest BCUT2D eigenvalue weighted by Crippen LogP contribution is 2.26. The molecule has 1 fully saturated rings. The number of aromatic amines is 1. The first-order valence-electron chi connectivity index (χ1n) is 10.7. The van der Waals surface area contributed by atoms with Crippen molar-refractivity contribution in [3.63, 3.8) is 0 Å². The average Bonchev–Trinajstić information content (AvgIpc) is 3.52. The molecule has 3 amide bonds. The minimum Gasteiger partial charge on any atom is -0.372 e. The molecule has 0 saturated carbocycles. The molecule has 2 heterocycles. The van der Waals surface area contributed by atoms with E-state index in [0.29, 0.717) is 0 Å². The topological polar surface area (TPSA) is 133 Å². The van der Waals surface area contributed by atoms with Crippen LogP contribution < -0.4 is 21.3 Å². The number of hydrogen-bond donors (Lipinski definition) is 4. The number of aromatic nitrogens is 2. The molecule has 0 aliphatic carbocycles. The van der Waals surface area contributed by atoms with Crippen molar-refractivity contribution in [2.75, 3.05) is 28.6 Å². The molecule has 182 valence electrons. The molecule has 1 aromatic heterocycles. The molecule has 0 unspecified atom stereocenters. The summed E-state index contributed by atoms with van der Waals surface area (Å²) in [5.41, 5.74) is 7.43. The lowest BCUT2D eigenvalue weighted by atomic mass is 10.2. The van der Waals surface area contributed by atoms with Crippen LogP contribution >= 0.6 is 23.2 Å². The van der Waals surface area contributed by atoms with Crippen molar-refractivity contribution < 1.29 is 14.4 Å². The van der Waals surface area contributed by atoms with Crippen molar-refractivity contribution >= 4 is 58.0 Å². The lowest BCUT2D eigenvalue weighted by molar-refractivity contribution is -0.111. The first-order chi connectivity index (χ1) is 16.8. The molecule has 1 saturated heterocycles. The zero-order chi connectivity index (χ0) is 25.4. The van der Waals surface area contributed by atoms with Gasteiger partial charge in [-0.3, -0.25) is 19.5 Å². The normalized spacial score (nSPS) is 12.3. The summed E-state index contributed by atoms with van der Waals surface area (Å²) >= 11 is 11.8. The summed E-state index contributed by atoms with van der Waals surface area (Å²) in [5.74, 6) is -1.47. The SMILES string of the molecule is C=CC(=O)Nc1ccc(N2CCCC2)cc1.NC(=O)c1[nH]ncc1NC(=O)c1c(Cl)cccc1Cl. The first-order valence-corrected chi connectivity index (χ1v) is 11.4. The van der Waals surface area contributed by atoms with Gasteiger partial charge < -0.3 is 21.3 Å². The highest BCUT2D eigenvalue weighted by atomic mass is 35.5. The Labute approximate surface area is 212 Å². The smallest absolute Gasteiger partial charge is 0.268 e. The Hall–Kier alpha value is -3.82. The third kappa shape index (κ3) is 6.84. The zero-order valence-electron chi connectivity index (χ0n) is 18.7. The maximum atomic E-state index is 12.1. The molecule has 9 nitrogen and oxygen atoms in total. The highest BCUT2D eigenvalue weighted by Gasteiger charge is 2.18. The zero-order valence-corrected chi connectivity index (χ0v) is 20.2. The van der Waals surface area contributed by atoms with Gasteiger partial charge in [-0.2, -0.15) is 5.10 Å². The van der Waals surface area contributed by atoms with Gasteiger partial charge in [0.15, 0.2) is 0 Å². The maximum Gasteiger partial charge on any atom is 0.268 e. The second kappa shape index (κ2) is 12.0. The van der Waals surface area contributed by atoms with Crippen molar-refractivity contribution in [1.29, 1.82) is 0 Å². The number of halogens is 2. The number of amides is 3. The molecule has 0 radical (unpaired) electrons. The van der Waals surface area contributed by atoms with E-state index < -0.39 is 11.8 Å². The number of hydrogen-bond acceptors (Lipinski definition) is 5. The van der Waals surface area contributed by atoms with E-state index in [0.717, 1.165) is 18.8 Å². The number of primary amides is 1. The molecular weight excluding hydrogens is 491 g/mol. The van der Waals surface area contributed by atoms with Crippen molar-refractivity contribution in [2.45, 2.75) is 12.8 Å². The Bertz CT molecular complexity index is 1200. The summed E-state index contributed by atoms with van der Waals surface area (Å²) in [6.07, 6.45) is 5.08. The molecule has 1 aliphatic rings. The van der Waals surface area contributed by atoms with Crippen LogP contribution in [0.15, 0.2) is 61.3 Å². The van der Waals surface area contributed by atoms with Crippen LogP contribution in [0.2, 0.25) is 10.0 Å². The predicted octanol–water partition coefficient (Wildman–Crippen LogP) is 4.48. The molecule has 0 bridgehead atoms. The fraction of sp³-hybridized carbons (Fsp3) is 0.167. The third-order valence-corrected chi connectivity index (χ3v) is 5.75. The summed E-state index contributed by atoms with van der Waals surface area (Å²) in [7, 11) is 0. The molecular formula is C24H24Cl2N6O3. The van der Waals surface area contributed by atoms with Crippen molar-refractivity contribution in [3.05, 3.63) is 82.6 Å². The van der Waals surface area contributed by atoms with E-state index in [4.69, 9.17) is 28.9 Å². The molecule has 11 heteroatoms. The molecule has 0 atom stereocenters. The predicted molar refractivity (Wildman–Crippen MR) is 138 cm³/mol. The number of nitrogens with zero attached hydrogens (tertiary/aromatic N) is 2. The fourth-order valence-corrected chi connectivity index (χ4v) is 3.96. The summed E-state index contributed by atoms with van der Waals surface area (Å²) < 4.78 is 0. The fourth-order valence-electron chi connectivity index (χ4n) is 3.39. The van der Waals surface area contributed by atoms with Gasteiger partial charge in [-0.15, -0.1) is 0 Å². The number of anilines is 3. The van der Waals surface area contributed by atoms with Gasteiger partial charge in [-0.1, -0.05) is 35.8 Å². The Balaban J connectivity index is 0.000000198. The maximum absolute atomic E-state index is 12.1. The van der Waals surface area contributed by atoms with Crippen molar-refractivity contribution in [3.8, 4) is 0 Å². The molecule has 2 aromatic carbocycles. The number of H-pyrrole nitrogens is 1. The van der Waals surface area contributed by atoms with Crippen molar-refractivity contribution in [2.24, 2.45) is 5.73 Å². The van der Waals surface area contributed by atoms with Gasteiger partial charge >= 0.3 is 0 Å². The van der Waals surface area contributed by atoms with Gasteiger partial charge in [0.25, 0.3) is 11.8 Å². The van der Waals surface area contributed by atoms with Crippen LogP contribution in [0.25, 0.3) is 0 Å². The van der Waals surface area contributed by atoms with Crippen LogP contribution in [0.1, 0.15) is 33.7 Å². The number of carbonyl (C=O) groups is 3. The van der Waals surface area contributed by atoms with E-state index in [2.05, 4.69) is 32.3 Å². The van der Waals surface area contributed by atoms with E-state index in [1.165, 1.54) is 42.9 Å². The molecule has 0 spiro atoms. The van der Waals surface area contributed by atoms with E-state index in [9.17, 15) is 14.4 Å². The monoisotopic (exact) mass is 514 g/mol. The molecule has 35 heavy (non-hydrogen) atoms. The standard InChI is InChI=1S/C13H16N2O.C11H8Cl2N4O2/c1-2-13(16)14-11-5-7-12(8-6-11)15-9-3-4-10-15;12-5-2-1-3-6(13)8(5)11(19)16-7-4-15-17-9(7)10(14)18/h2,5-8H,1,3-4,9-10H2,(H,14,16);1-4H,(H2,14,18)(H,15,17)(H,16,19). The molecule has 1 aliphatic heterocycles. The van der Waals surface area contributed by atoms with Crippen LogP contribution in [0, 0.1) is 0 Å². The Kier molecular flexibility index (Phi) is 8.88. The Morgan fingerprint density at radius 1 is 1.03 bits per heavy atom. The summed E-state index contributed by atoms with van der Waals surface area (Å²) in [4.78, 5) is 36.6. The van der Waals surface area contributed by atoms with Crippen LogP contribution in [0.4, 0.5) is 17.1 Å². The molecule has 3 aromatic rings. The van der Waals surface area contributed by atoms with Gasteiger partial charge in [0.05, 0.1) is 27.5 Å². The number of nitrogens with two attached hydrogens (primary N) is 1. The molecule has 4 rings (SSSR count). The first kappa shape index (κ1) is 25.8. The summed E-state index contributed by atoms with van der Waals surface area (Å²) in [5, 5.41) is 11.6. The van der Waals surface area contributed by atoms with E-state index in [-0.39, 0.29) is 32.9 Å². The second-order valence-corrected chi connectivity index (χ2v) is 8.32. The van der Waals surface area contributed by atoms with Crippen LogP contribution in [-0.2, 0) is 4.79 Å². The minimum atomic E-state index is -0.738. The van der Waals surface area contributed by atoms with Gasteiger partial charge in [0.1, 0.15) is 5.69 Å². The van der Waals surface area contributed by atoms with Crippen molar-refractivity contribution in [1.82, 2.24) is 10.2 Å². The number of rotatable bonds is 6. The summed E-state index contributed by atoms with van der Waals surface area (Å²) in [6.45, 7) is 5.69.